The van der Waals surface area contributed by atoms with Crippen molar-refractivity contribution in [2.75, 3.05) is 19.6 Å². The number of ether oxygens (including phenoxy) is 1. The second-order valence-corrected chi connectivity index (χ2v) is 9.83. The zero-order chi connectivity index (χ0) is 22.6. The maximum Gasteiger partial charge on any atom is 0.317 e. The summed E-state index contributed by atoms with van der Waals surface area (Å²) in [5.74, 6) is -1.18. The maximum absolute atomic E-state index is 13.4. The summed E-state index contributed by atoms with van der Waals surface area (Å²) >= 11 is 5.84. The summed E-state index contributed by atoms with van der Waals surface area (Å²) in [6.45, 7) is -0.0962. The third-order valence-electron chi connectivity index (χ3n) is 5.24. The molecule has 0 atom stereocenters. The lowest BCUT2D eigenvalue weighted by Crippen LogP contribution is -2.58. The molecule has 0 aliphatic carbocycles. The molecule has 12 heteroatoms. The fourth-order valence-corrected chi connectivity index (χ4v) is 5.62. The number of nitrogens with one attached hydrogen (secondary N) is 1. The van der Waals surface area contributed by atoms with Gasteiger partial charge in [-0.3, -0.25) is 19.7 Å². The Morgan fingerprint density at radius 2 is 1.53 bits per heavy atom. The van der Waals surface area contributed by atoms with Gasteiger partial charge >= 0.3 is 5.97 Å². The van der Waals surface area contributed by atoms with Gasteiger partial charge in [0.05, 0.1) is 11.4 Å². The Hall–Kier alpha value is -2.37. The highest BCUT2D eigenvalue weighted by Crippen LogP contribution is 2.36. The van der Waals surface area contributed by atoms with E-state index in [1.807, 2.05) is 0 Å². The number of rotatable bonds is 7. The molecule has 0 spiro atoms. The molecule has 0 unspecified atom stereocenters. The van der Waals surface area contributed by atoms with Crippen LogP contribution in [0.4, 0.5) is 0 Å². The molecule has 1 amide bonds. The molecule has 3 N–H and O–H groups in total. The summed E-state index contributed by atoms with van der Waals surface area (Å²) in [5.41, 5.74) is 1.47. The molecule has 1 fully saturated rings. The van der Waals surface area contributed by atoms with Crippen molar-refractivity contribution in [2.45, 2.75) is 22.5 Å². The first-order chi connectivity index (χ1) is 14.7. The molecule has 1 heterocycles. The van der Waals surface area contributed by atoms with Crippen molar-refractivity contribution < 1.29 is 33.1 Å². The molecule has 1 aliphatic heterocycles. The van der Waals surface area contributed by atoms with E-state index < -0.39 is 26.5 Å². The lowest BCUT2D eigenvalue weighted by molar-refractivity contribution is -0.139. The Bertz CT molecular complexity index is 1050. The van der Waals surface area contributed by atoms with Crippen LogP contribution in [0.15, 0.2) is 53.4 Å². The van der Waals surface area contributed by atoms with Gasteiger partial charge < -0.3 is 9.84 Å². The highest BCUT2D eigenvalue weighted by Gasteiger charge is 2.53. The molecule has 3 rings (SSSR count). The monoisotopic (exact) mass is 504 g/mol. The van der Waals surface area contributed by atoms with Crippen molar-refractivity contribution in [2.24, 2.45) is 0 Å². The van der Waals surface area contributed by atoms with Gasteiger partial charge in [0.2, 0.25) is 0 Å². The average Bonchev–Trinajstić information content (AvgIpc) is 2.75. The lowest BCUT2D eigenvalue weighted by Gasteiger charge is -2.38. The van der Waals surface area contributed by atoms with Crippen molar-refractivity contribution in [1.29, 1.82) is 0 Å². The minimum atomic E-state index is -4.20. The van der Waals surface area contributed by atoms with Gasteiger partial charge in [-0.15, -0.1) is 12.4 Å². The van der Waals surface area contributed by atoms with Crippen LogP contribution in [0.1, 0.15) is 12.8 Å². The van der Waals surface area contributed by atoms with Crippen LogP contribution in [0.5, 0.6) is 11.5 Å². The van der Waals surface area contributed by atoms with Gasteiger partial charge in [0, 0.05) is 18.1 Å². The van der Waals surface area contributed by atoms with E-state index in [0.717, 1.165) is 0 Å². The smallest absolute Gasteiger partial charge is 0.317 e. The number of aliphatic carboxylic acids is 1. The molecule has 0 aromatic heterocycles. The van der Waals surface area contributed by atoms with Crippen LogP contribution >= 0.6 is 24.0 Å². The number of amides is 1. The standard InChI is InChI=1S/C20H21ClN2O7S.ClH/c21-14-1-3-15(4-2-14)30-16-5-7-17(8-6-16)31(28,29)20(19(26)22-27)9-11-23(12-10-20)13-18(24)25;/h1-8,27H,9-13H2,(H,22,26)(H,24,25);1H. The first-order valence-electron chi connectivity index (χ1n) is 9.35. The molecule has 2 aromatic carbocycles. The topological polar surface area (TPSA) is 133 Å². The minimum absolute atomic E-state index is 0. The van der Waals surface area contributed by atoms with E-state index in [1.54, 1.807) is 29.2 Å². The average molecular weight is 505 g/mol. The number of carbonyl (C=O) groups excluding carboxylic acids is 1. The second kappa shape index (κ2) is 10.5. The quantitative estimate of drug-likeness (QED) is 0.387. The van der Waals surface area contributed by atoms with Crippen molar-refractivity contribution in [3.05, 3.63) is 53.6 Å². The Morgan fingerprint density at radius 1 is 1.03 bits per heavy atom. The fourth-order valence-electron chi connectivity index (χ4n) is 3.53. The first kappa shape index (κ1) is 25.9. The summed E-state index contributed by atoms with van der Waals surface area (Å²) in [6, 6.07) is 12.2. The number of piperidine rings is 1. The number of hydrogen-bond acceptors (Lipinski definition) is 7. The summed E-state index contributed by atoms with van der Waals surface area (Å²) in [7, 11) is -4.20. The van der Waals surface area contributed by atoms with Gasteiger partial charge in [-0.2, -0.15) is 0 Å². The van der Waals surface area contributed by atoms with Gasteiger partial charge in [0.25, 0.3) is 5.91 Å². The van der Waals surface area contributed by atoms with E-state index in [2.05, 4.69) is 0 Å². The highest BCUT2D eigenvalue weighted by molar-refractivity contribution is 7.93. The zero-order valence-corrected chi connectivity index (χ0v) is 19.1. The number of likely N-dealkylation sites (tertiary alicyclic amines) is 1. The number of carbonyl (C=O) groups is 2. The van der Waals surface area contributed by atoms with Gasteiger partial charge in [-0.1, -0.05) is 11.6 Å². The van der Waals surface area contributed by atoms with Gasteiger partial charge in [-0.25, -0.2) is 13.9 Å². The third-order valence-corrected chi connectivity index (χ3v) is 8.00. The van der Waals surface area contributed by atoms with E-state index in [-0.39, 0.29) is 49.8 Å². The summed E-state index contributed by atoms with van der Waals surface area (Å²) < 4.78 is 30.5. The Morgan fingerprint density at radius 3 is 2.00 bits per heavy atom. The zero-order valence-electron chi connectivity index (χ0n) is 16.7. The number of benzene rings is 2. The van der Waals surface area contributed by atoms with Crippen LogP contribution in [0.2, 0.25) is 5.02 Å². The predicted molar refractivity (Wildman–Crippen MR) is 118 cm³/mol. The molecular formula is C20H22Cl2N2O7S. The Balaban J connectivity index is 0.00000363. The molecular weight excluding hydrogens is 483 g/mol. The van der Waals surface area contributed by atoms with Crippen LogP contribution in [0.3, 0.4) is 0 Å². The lowest BCUT2D eigenvalue weighted by atomic mass is 9.95. The van der Waals surface area contributed by atoms with E-state index in [9.17, 15) is 23.2 Å². The van der Waals surface area contributed by atoms with E-state index in [4.69, 9.17) is 21.4 Å². The molecule has 1 aliphatic rings. The first-order valence-corrected chi connectivity index (χ1v) is 11.2. The minimum Gasteiger partial charge on any atom is -0.480 e. The van der Waals surface area contributed by atoms with Crippen LogP contribution in [-0.2, 0) is 19.4 Å². The van der Waals surface area contributed by atoms with Crippen LogP contribution in [-0.4, -0.2) is 59.9 Å². The van der Waals surface area contributed by atoms with Gasteiger partial charge in [0.1, 0.15) is 11.5 Å². The van der Waals surface area contributed by atoms with Crippen LogP contribution < -0.4 is 10.2 Å². The number of carboxylic acids is 1. The van der Waals surface area contributed by atoms with Gasteiger partial charge in [-0.05, 0) is 61.4 Å². The van der Waals surface area contributed by atoms with Gasteiger partial charge in [0.15, 0.2) is 14.6 Å². The molecule has 0 radical (unpaired) electrons. The van der Waals surface area contributed by atoms with Crippen molar-refractivity contribution in [3.63, 3.8) is 0 Å². The summed E-state index contributed by atoms with van der Waals surface area (Å²) in [5, 5.41) is 18.7. The molecule has 1 saturated heterocycles. The third kappa shape index (κ3) is 5.33. The SMILES string of the molecule is Cl.O=C(O)CN1CCC(C(=O)NO)(S(=O)(=O)c2ccc(Oc3ccc(Cl)cc3)cc2)CC1. The maximum atomic E-state index is 13.4. The van der Waals surface area contributed by atoms with E-state index in [0.29, 0.717) is 16.5 Å². The highest BCUT2D eigenvalue weighted by atomic mass is 35.5. The molecule has 9 nitrogen and oxygen atoms in total. The number of nitrogens with zero attached hydrogens (tertiary/aromatic N) is 1. The number of sulfone groups is 1. The van der Waals surface area contributed by atoms with Crippen LogP contribution in [0.25, 0.3) is 0 Å². The number of halogens is 2. The summed E-state index contributed by atoms with van der Waals surface area (Å²) in [6.07, 6.45) is -0.309. The second-order valence-electron chi connectivity index (χ2n) is 7.14. The normalized spacial score (nSPS) is 15.9. The van der Waals surface area contributed by atoms with E-state index >= 15 is 0 Å². The largest absolute Gasteiger partial charge is 0.480 e. The number of hydrogen-bond donors (Lipinski definition) is 3. The molecule has 0 bridgehead atoms. The Labute approximate surface area is 196 Å². The molecule has 32 heavy (non-hydrogen) atoms. The van der Waals surface area contributed by atoms with Crippen LogP contribution in [0, 0.1) is 0 Å². The van der Waals surface area contributed by atoms with E-state index in [1.165, 1.54) is 29.7 Å². The fraction of sp³-hybridized carbons (Fsp3) is 0.300. The van der Waals surface area contributed by atoms with Crippen molar-refractivity contribution in [1.82, 2.24) is 10.4 Å². The van der Waals surface area contributed by atoms with Crippen molar-refractivity contribution >= 4 is 45.7 Å². The molecule has 0 saturated carbocycles. The molecule has 2 aromatic rings. The molecule has 174 valence electrons. The predicted octanol–water partition coefficient (Wildman–Crippen LogP) is 2.75. The van der Waals surface area contributed by atoms with Crippen molar-refractivity contribution in [3.8, 4) is 11.5 Å². The summed E-state index contributed by atoms with van der Waals surface area (Å²) in [4.78, 5) is 24.8. The Kier molecular flexibility index (Phi) is 8.49. The number of carboxylic acid groups (broad SMARTS) is 1. The number of hydroxylamine groups is 1.